The van der Waals surface area contributed by atoms with Gasteiger partial charge in [-0.2, -0.15) is 5.26 Å². The fourth-order valence-corrected chi connectivity index (χ4v) is 3.64. The topological polar surface area (TPSA) is 87.7 Å². The maximum absolute atomic E-state index is 9.75. The Morgan fingerprint density at radius 1 is 1.19 bits per heavy atom. The second kappa shape index (κ2) is 6.66. The van der Waals surface area contributed by atoms with Crippen LogP contribution in [0.5, 0.6) is 5.88 Å². The van der Waals surface area contributed by atoms with Crippen LogP contribution in [0.25, 0.3) is 11.3 Å². The molecule has 0 spiro atoms. The summed E-state index contributed by atoms with van der Waals surface area (Å²) >= 11 is 12.2. The molecule has 2 aromatic carbocycles. The third-order valence-corrected chi connectivity index (χ3v) is 5.39. The van der Waals surface area contributed by atoms with Crippen LogP contribution in [0.3, 0.4) is 0 Å². The van der Waals surface area contributed by atoms with Crippen molar-refractivity contribution in [3.8, 4) is 23.2 Å². The number of nitrogens with zero attached hydrogens (tertiary/aromatic N) is 2. The molecule has 3 aromatic rings. The van der Waals surface area contributed by atoms with Crippen molar-refractivity contribution < 1.29 is 4.74 Å². The lowest BCUT2D eigenvalue weighted by molar-refractivity contribution is 0.379. The number of ether oxygens (including phenoxy) is 1. The molecule has 0 bridgehead atoms. The predicted octanol–water partition coefficient (Wildman–Crippen LogP) is 4.91. The molecule has 1 aromatic heterocycles. The number of aromatic amines is 1. The fourth-order valence-electron chi connectivity index (χ4n) is 3.34. The molecule has 27 heavy (non-hydrogen) atoms. The van der Waals surface area contributed by atoms with Gasteiger partial charge in [-0.15, -0.1) is 5.10 Å². The Balaban J connectivity index is 1.98. The molecule has 0 aliphatic carbocycles. The molecule has 1 aliphatic rings. The summed E-state index contributed by atoms with van der Waals surface area (Å²) in [6.07, 6.45) is 0. The summed E-state index contributed by atoms with van der Waals surface area (Å²) in [7, 11) is 0. The molecule has 7 heteroatoms. The third-order valence-electron chi connectivity index (χ3n) is 4.65. The Hall–Kier alpha value is -2.94. The Labute approximate surface area is 166 Å². The molecular formula is C20H14Cl2N4O. The summed E-state index contributed by atoms with van der Waals surface area (Å²) in [5.74, 6) is 0.00872. The fraction of sp³-hybridized carbons (Fsp3) is 0.100. The Morgan fingerprint density at radius 3 is 2.67 bits per heavy atom. The molecule has 4 rings (SSSR count). The highest BCUT2D eigenvalue weighted by Gasteiger charge is 2.36. The first-order valence-electron chi connectivity index (χ1n) is 8.18. The van der Waals surface area contributed by atoms with Crippen LogP contribution in [0.15, 0.2) is 53.9 Å². The highest BCUT2D eigenvalue weighted by atomic mass is 35.5. The number of aromatic nitrogens is 2. The van der Waals surface area contributed by atoms with Crippen molar-refractivity contribution >= 4 is 23.2 Å². The third kappa shape index (κ3) is 2.84. The van der Waals surface area contributed by atoms with Crippen LogP contribution in [0.2, 0.25) is 10.0 Å². The molecule has 1 aliphatic heterocycles. The molecule has 1 atom stereocenters. The van der Waals surface area contributed by atoms with Gasteiger partial charge in [0.2, 0.25) is 11.8 Å². The number of halogens is 2. The molecule has 0 saturated carbocycles. The number of hydrogen-bond acceptors (Lipinski definition) is 4. The molecule has 5 nitrogen and oxygen atoms in total. The highest BCUT2D eigenvalue weighted by Crippen LogP contribution is 2.46. The van der Waals surface area contributed by atoms with E-state index in [0.29, 0.717) is 27.2 Å². The van der Waals surface area contributed by atoms with Gasteiger partial charge in [0.05, 0.1) is 27.2 Å². The normalized spacial score (nSPS) is 15.9. The van der Waals surface area contributed by atoms with Crippen LogP contribution in [0.1, 0.15) is 22.6 Å². The maximum atomic E-state index is 9.75. The molecule has 0 radical (unpaired) electrons. The summed E-state index contributed by atoms with van der Waals surface area (Å²) < 4.78 is 5.62. The maximum Gasteiger partial charge on any atom is 0.244 e. The van der Waals surface area contributed by atoms with Crippen LogP contribution >= 0.6 is 23.2 Å². The second-order valence-electron chi connectivity index (χ2n) is 6.23. The van der Waals surface area contributed by atoms with Gasteiger partial charge >= 0.3 is 0 Å². The van der Waals surface area contributed by atoms with Crippen molar-refractivity contribution in [3.05, 3.63) is 80.7 Å². The summed E-state index contributed by atoms with van der Waals surface area (Å²) in [5, 5.41) is 17.9. The first-order chi connectivity index (χ1) is 13.0. The predicted molar refractivity (Wildman–Crippen MR) is 105 cm³/mol. The lowest BCUT2D eigenvalue weighted by Gasteiger charge is -2.25. The zero-order valence-electron chi connectivity index (χ0n) is 14.3. The van der Waals surface area contributed by atoms with Gasteiger partial charge in [0.25, 0.3) is 0 Å². The quantitative estimate of drug-likeness (QED) is 0.643. The van der Waals surface area contributed by atoms with Crippen LogP contribution < -0.4 is 10.5 Å². The van der Waals surface area contributed by atoms with Gasteiger partial charge in [-0.3, -0.25) is 5.10 Å². The van der Waals surface area contributed by atoms with E-state index in [1.165, 1.54) is 0 Å². The van der Waals surface area contributed by atoms with Crippen molar-refractivity contribution in [1.29, 1.82) is 5.26 Å². The number of fused-ring (bicyclic) bond motifs is 1. The standard InChI is InChI=1S/C20H14Cl2N4O/c1-10-4-2-3-5-12(10)16-13(9-23)19(24)27-20-17(16)18(25-26-20)11-6-7-14(21)15(22)8-11/h2-8,16H,24H2,1H3,(H,25,26). The number of aryl methyl sites for hydroxylation is 1. The minimum absolute atomic E-state index is 0.0606. The summed E-state index contributed by atoms with van der Waals surface area (Å²) in [4.78, 5) is 0. The summed E-state index contributed by atoms with van der Waals surface area (Å²) in [5.41, 5.74) is 10.6. The number of nitrogens with two attached hydrogens (primary N) is 1. The van der Waals surface area contributed by atoms with E-state index in [1.54, 1.807) is 12.1 Å². The Bertz CT molecular complexity index is 1130. The minimum atomic E-state index is -0.400. The Morgan fingerprint density at radius 2 is 1.96 bits per heavy atom. The van der Waals surface area contributed by atoms with E-state index in [-0.39, 0.29) is 5.88 Å². The van der Waals surface area contributed by atoms with Gasteiger partial charge < -0.3 is 10.5 Å². The van der Waals surface area contributed by atoms with E-state index in [4.69, 9.17) is 33.7 Å². The van der Waals surface area contributed by atoms with Crippen LogP contribution in [0, 0.1) is 18.3 Å². The van der Waals surface area contributed by atoms with Gasteiger partial charge in [-0.1, -0.05) is 53.5 Å². The van der Waals surface area contributed by atoms with Crippen molar-refractivity contribution in [2.75, 3.05) is 0 Å². The molecule has 3 N–H and O–H groups in total. The first kappa shape index (κ1) is 17.5. The van der Waals surface area contributed by atoms with Gasteiger partial charge in [-0.05, 0) is 30.2 Å². The van der Waals surface area contributed by atoms with Crippen molar-refractivity contribution in [1.82, 2.24) is 10.2 Å². The van der Waals surface area contributed by atoms with E-state index in [0.717, 1.165) is 22.3 Å². The van der Waals surface area contributed by atoms with E-state index in [2.05, 4.69) is 16.3 Å². The number of benzene rings is 2. The van der Waals surface area contributed by atoms with Gasteiger partial charge in [-0.25, -0.2) is 0 Å². The van der Waals surface area contributed by atoms with E-state index < -0.39 is 5.92 Å². The number of nitrogens with one attached hydrogen (secondary N) is 1. The number of rotatable bonds is 2. The Kier molecular flexibility index (Phi) is 4.31. The molecule has 1 unspecified atom stereocenters. The second-order valence-corrected chi connectivity index (χ2v) is 7.04. The number of H-pyrrole nitrogens is 1. The van der Waals surface area contributed by atoms with Crippen molar-refractivity contribution in [2.24, 2.45) is 5.73 Å². The minimum Gasteiger partial charge on any atom is -0.420 e. The van der Waals surface area contributed by atoms with Gasteiger partial charge in [0, 0.05) is 5.56 Å². The molecule has 2 heterocycles. The van der Waals surface area contributed by atoms with Gasteiger partial charge in [0.15, 0.2) is 0 Å². The van der Waals surface area contributed by atoms with Gasteiger partial charge in [0.1, 0.15) is 11.6 Å². The summed E-state index contributed by atoms with van der Waals surface area (Å²) in [6, 6.07) is 15.4. The zero-order valence-corrected chi connectivity index (χ0v) is 15.8. The average Bonchev–Trinajstić information content (AvgIpc) is 3.07. The molecule has 0 saturated heterocycles. The average molecular weight is 397 g/mol. The van der Waals surface area contributed by atoms with E-state index in [1.807, 2.05) is 37.3 Å². The lowest BCUT2D eigenvalue weighted by Crippen LogP contribution is -2.21. The number of nitriles is 1. The number of allylic oxidation sites excluding steroid dienone is 1. The van der Waals surface area contributed by atoms with E-state index >= 15 is 0 Å². The van der Waals surface area contributed by atoms with Crippen LogP contribution in [-0.2, 0) is 0 Å². The SMILES string of the molecule is Cc1ccccc1C1C(C#N)=C(N)Oc2n[nH]c(-c3ccc(Cl)c(Cl)c3)c21. The van der Waals surface area contributed by atoms with Crippen molar-refractivity contribution in [2.45, 2.75) is 12.8 Å². The largest absolute Gasteiger partial charge is 0.420 e. The highest BCUT2D eigenvalue weighted by molar-refractivity contribution is 6.42. The monoisotopic (exact) mass is 396 g/mol. The lowest BCUT2D eigenvalue weighted by atomic mass is 9.81. The van der Waals surface area contributed by atoms with Crippen LogP contribution in [0.4, 0.5) is 0 Å². The zero-order chi connectivity index (χ0) is 19.1. The molecule has 0 amide bonds. The summed E-state index contributed by atoms with van der Waals surface area (Å²) in [6.45, 7) is 1.99. The van der Waals surface area contributed by atoms with E-state index in [9.17, 15) is 5.26 Å². The smallest absolute Gasteiger partial charge is 0.244 e. The van der Waals surface area contributed by atoms with Crippen molar-refractivity contribution in [3.63, 3.8) is 0 Å². The first-order valence-corrected chi connectivity index (χ1v) is 8.93. The van der Waals surface area contributed by atoms with Crippen LogP contribution in [-0.4, -0.2) is 10.2 Å². The molecule has 134 valence electrons. The molecular weight excluding hydrogens is 383 g/mol. The molecule has 0 fully saturated rings. The number of hydrogen-bond donors (Lipinski definition) is 2.